The van der Waals surface area contributed by atoms with Crippen LogP contribution in [-0.2, 0) is 4.74 Å². The van der Waals surface area contributed by atoms with Gasteiger partial charge in [-0.2, -0.15) is 0 Å². The van der Waals surface area contributed by atoms with Crippen molar-refractivity contribution in [2.45, 2.75) is 64.4 Å². The third kappa shape index (κ3) is 1.94. The van der Waals surface area contributed by atoms with Gasteiger partial charge in [0.15, 0.2) is 0 Å². The molecule has 2 nitrogen and oxygen atoms in total. The van der Waals surface area contributed by atoms with Crippen molar-refractivity contribution < 1.29 is 9.84 Å². The normalized spacial score (nSPS) is 45.6. The minimum absolute atomic E-state index is 0.0508. The van der Waals surface area contributed by atoms with Gasteiger partial charge in [0.25, 0.3) is 0 Å². The number of aliphatic hydroxyl groups excluding tert-OH is 1. The van der Waals surface area contributed by atoms with E-state index in [0.717, 1.165) is 37.0 Å². The maximum absolute atomic E-state index is 10.4. The Morgan fingerprint density at radius 1 is 1.24 bits per heavy atom. The molecule has 0 aromatic carbocycles. The number of allylic oxidation sites excluding steroid dienone is 3. The molecule has 4 aliphatic rings. The molecule has 4 aliphatic carbocycles. The fraction of sp³-hybridized carbons (Fsp3) is 0.789. The highest BCUT2D eigenvalue weighted by Crippen LogP contribution is 2.61. The molecule has 21 heavy (non-hydrogen) atoms. The second-order valence-electron chi connectivity index (χ2n) is 7.94. The lowest BCUT2D eigenvalue weighted by molar-refractivity contribution is -0.0312. The third-order valence-electron chi connectivity index (χ3n) is 7.27. The van der Waals surface area contributed by atoms with Crippen molar-refractivity contribution in [1.82, 2.24) is 0 Å². The van der Waals surface area contributed by atoms with Crippen molar-refractivity contribution >= 4 is 0 Å². The molecule has 4 rings (SSSR count). The van der Waals surface area contributed by atoms with Gasteiger partial charge in [0.1, 0.15) is 0 Å². The van der Waals surface area contributed by atoms with E-state index in [4.69, 9.17) is 4.74 Å². The van der Waals surface area contributed by atoms with E-state index >= 15 is 0 Å². The van der Waals surface area contributed by atoms with Gasteiger partial charge in [-0.1, -0.05) is 18.1 Å². The molecule has 5 atom stereocenters. The summed E-state index contributed by atoms with van der Waals surface area (Å²) in [6, 6.07) is 0. The standard InChI is InChI=1S/C19H28O2/c1-19-10-9-15-14-6-4-13(21-2)11-12(14)3-5-16(15)17(19)7-8-18(19)20/h4,15-18,20H,3,5-11H2,1-2H3/t15-,16-,17+,18-,19+/m1/s1. The molecule has 116 valence electrons. The summed E-state index contributed by atoms with van der Waals surface area (Å²) in [5.74, 6) is 3.56. The van der Waals surface area contributed by atoms with Gasteiger partial charge in [-0.15, -0.1) is 0 Å². The van der Waals surface area contributed by atoms with Crippen LogP contribution in [0.2, 0.25) is 0 Å². The number of hydrogen-bond acceptors (Lipinski definition) is 2. The van der Waals surface area contributed by atoms with Gasteiger partial charge in [0.05, 0.1) is 19.0 Å². The summed E-state index contributed by atoms with van der Waals surface area (Å²) in [7, 11) is 1.80. The van der Waals surface area contributed by atoms with Crippen LogP contribution in [0.15, 0.2) is 23.0 Å². The van der Waals surface area contributed by atoms with E-state index in [0.29, 0.717) is 0 Å². The first-order chi connectivity index (χ1) is 10.1. The van der Waals surface area contributed by atoms with Gasteiger partial charge in [-0.25, -0.2) is 0 Å². The topological polar surface area (TPSA) is 29.5 Å². The maximum atomic E-state index is 10.4. The summed E-state index contributed by atoms with van der Waals surface area (Å²) in [5, 5.41) is 10.4. The number of aliphatic hydroxyl groups is 1. The minimum atomic E-state index is -0.0508. The van der Waals surface area contributed by atoms with Crippen molar-refractivity contribution in [1.29, 1.82) is 0 Å². The molecule has 0 amide bonds. The monoisotopic (exact) mass is 288 g/mol. The molecule has 2 heteroatoms. The van der Waals surface area contributed by atoms with Crippen LogP contribution in [0.4, 0.5) is 0 Å². The van der Waals surface area contributed by atoms with Gasteiger partial charge in [0, 0.05) is 6.42 Å². The molecule has 2 fully saturated rings. The predicted octanol–water partition coefficient (Wildman–Crippen LogP) is 4.20. The van der Waals surface area contributed by atoms with E-state index in [2.05, 4.69) is 13.0 Å². The van der Waals surface area contributed by atoms with Crippen LogP contribution < -0.4 is 0 Å². The zero-order valence-corrected chi connectivity index (χ0v) is 13.4. The highest BCUT2D eigenvalue weighted by atomic mass is 16.5. The van der Waals surface area contributed by atoms with Crippen LogP contribution in [0.1, 0.15) is 58.3 Å². The summed E-state index contributed by atoms with van der Waals surface area (Å²) in [5.41, 5.74) is 3.63. The Morgan fingerprint density at radius 2 is 2.10 bits per heavy atom. The van der Waals surface area contributed by atoms with E-state index in [1.807, 2.05) is 0 Å². The summed E-state index contributed by atoms with van der Waals surface area (Å²) >= 11 is 0. The fourth-order valence-corrected chi connectivity index (χ4v) is 6.02. The molecule has 0 heterocycles. The van der Waals surface area contributed by atoms with Gasteiger partial charge in [-0.05, 0) is 74.2 Å². The van der Waals surface area contributed by atoms with E-state index in [1.165, 1.54) is 37.9 Å². The maximum Gasteiger partial charge on any atom is 0.0959 e. The molecular formula is C19H28O2. The lowest BCUT2D eigenvalue weighted by Gasteiger charge is -2.51. The predicted molar refractivity (Wildman–Crippen MR) is 83.6 cm³/mol. The Hall–Kier alpha value is -0.760. The van der Waals surface area contributed by atoms with E-state index in [-0.39, 0.29) is 11.5 Å². The van der Waals surface area contributed by atoms with Crippen molar-refractivity contribution in [3.05, 3.63) is 23.0 Å². The van der Waals surface area contributed by atoms with Crippen molar-refractivity contribution in [2.75, 3.05) is 7.11 Å². The molecule has 0 saturated heterocycles. The van der Waals surface area contributed by atoms with E-state index in [1.54, 1.807) is 18.3 Å². The summed E-state index contributed by atoms with van der Waals surface area (Å²) in [6.07, 6.45) is 11.8. The zero-order valence-electron chi connectivity index (χ0n) is 13.4. The zero-order chi connectivity index (χ0) is 14.6. The van der Waals surface area contributed by atoms with Crippen LogP contribution in [0, 0.1) is 23.2 Å². The van der Waals surface area contributed by atoms with Gasteiger partial charge in [-0.3, -0.25) is 0 Å². The Bertz CT molecular complexity index is 504. The highest BCUT2D eigenvalue weighted by Gasteiger charge is 2.54. The summed E-state index contributed by atoms with van der Waals surface area (Å²) in [4.78, 5) is 0. The number of fused-ring (bicyclic) bond motifs is 4. The first-order valence-corrected chi connectivity index (χ1v) is 8.75. The number of methoxy groups -OCH3 is 1. The second-order valence-corrected chi connectivity index (χ2v) is 7.94. The van der Waals surface area contributed by atoms with E-state index < -0.39 is 0 Å². The average molecular weight is 288 g/mol. The van der Waals surface area contributed by atoms with Crippen LogP contribution in [0.3, 0.4) is 0 Å². The molecule has 0 aromatic heterocycles. The molecule has 0 radical (unpaired) electrons. The van der Waals surface area contributed by atoms with E-state index in [9.17, 15) is 5.11 Å². The lowest BCUT2D eigenvalue weighted by atomic mass is 9.54. The first kappa shape index (κ1) is 13.9. The van der Waals surface area contributed by atoms with Crippen molar-refractivity contribution in [2.24, 2.45) is 23.2 Å². The molecule has 0 aliphatic heterocycles. The molecule has 0 bridgehead atoms. The second kappa shape index (κ2) is 4.87. The average Bonchev–Trinajstić information content (AvgIpc) is 2.82. The smallest absolute Gasteiger partial charge is 0.0959 e. The van der Waals surface area contributed by atoms with Gasteiger partial charge >= 0.3 is 0 Å². The molecular weight excluding hydrogens is 260 g/mol. The van der Waals surface area contributed by atoms with Gasteiger partial charge in [0.2, 0.25) is 0 Å². The molecule has 1 N–H and O–H groups in total. The molecule has 0 spiro atoms. The number of hydrogen-bond donors (Lipinski definition) is 1. The van der Waals surface area contributed by atoms with Crippen LogP contribution in [0.25, 0.3) is 0 Å². The van der Waals surface area contributed by atoms with Crippen molar-refractivity contribution in [3.63, 3.8) is 0 Å². The number of rotatable bonds is 1. The Labute approximate surface area is 128 Å². The first-order valence-electron chi connectivity index (χ1n) is 8.75. The Kier molecular flexibility index (Phi) is 3.22. The molecule has 2 saturated carbocycles. The highest BCUT2D eigenvalue weighted by molar-refractivity contribution is 5.32. The minimum Gasteiger partial charge on any atom is -0.501 e. The summed E-state index contributed by atoms with van der Waals surface area (Å²) < 4.78 is 5.47. The fourth-order valence-electron chi connectivity index (χ4n) is 6.02. The summed E-state index contributed by atoms with van der Waals surface area (Å²) in [6.45, 7) is 2.36. The molecule has 0 aromatic rings. The lowest BCUT2D eigenvalue weighted by Crippen LogP contribution is -2.45. The number of ether oxygens (including phenoxy) is 1. The Morgan fingerprint density at radius 3 is 2.90 bits per heavy atom. The van der Waals surface area contributed by atoms with Crippen LogP contribution >= 0.6 is 0 Å². The quantitative estimate of drug-likeness (QED) is 0.733. The molecule has 0 unspecified atom stereocenters. The SMILES string of the molecule is COC1=CCC2=C(CC[C@@H]3[C@@H]2CC[C@]2(C)[C@H](O)CC[C@@H]32)C1. The van der Waals surface area contributed by atoms with Gasteiger partial charge < -0.3 is 9.84 Å². The van der Waals surface area contributed by atoms with Crippen LogP contribution in [0.5, 0.6) is 0 Å². The Balaban J connectivity index is 1.61. The van der Waals surface area contributed by atoms with Crippen molar-refractivity contribution in [3.8, 4) is 0 Å². The third-order valence-corrected chi connectivity index (χ3v) is 7.27. The largest absolute Gasteiger partial charge is 0.501 e. The van der Waals surface area contributed by atoms with Crippen LogP contribution in [-0.4, -0.2) is 18.3 Å².